The molecule has 0 radical (unpaired) electrons. The number of rotatable bonds is 6. The molecule has 2 aliphatic heterocycles. The number of hydrogen-bond donors (Lipinski definition) is 2. The summed E-state index contributed by atoms with van der Waals surface area (Å²) in [5, 5.41) is 13.6. The Morgan fingerprint density at radius 2 is 1.77 bits per heavy atom. The minimum absolute atomic E-state index is 0.183. The highest BCUT2D eigenvalue weighted by molar-refractivity contribution is 8.14. The molecule has 2 heterocycles. The van der Waals surface area contributed by atoms with Crippen molar-refractivity contribution < 1.29 is 29.1 Å². The van der Waals surface area contributed by atoms with E-state index in [0.717, 1.165) is 28.8 Å². The van der Waals surface area contributed by atoms with Gasteiger partial charge < -0.3 is 10.4 Å². The SMILES string of the molecule is CC(=O)S[C@@H](Cc1ccccc1)C(=O)N[C@]1(C(=O)O)CCC(=O)N2CCCCN2C1=O. The highest BCUT2D eigenvalue weighted by atomic mass is 32.2. The first-order chi connectivity index (χ1) is 14.7. The Morgan fingerprint density at radius 1 is 1.13 bits per heavy atom. The first-order valence-electron chi connectivity index (χ1n) is 10.1. The number of nitrogens with one attached hydrogen (secondary N) is 1. The van der Waals surface area contributed by atoms with E-state index in [4.69, 9.17) is 0 Å². The second-order valence-corrected chi connectivity index (χ2v) is 9.02. The van der Waals surface area contributed by atoms with Crippen molar-refractivity contribution in [2.75, 3.05) is 13.1 Å². The molecule has 2 fully saturated rings. The number of carbonyl (C=O) groups is 5. The Labute approximate surface area is 184 Å². The molecular weight excluding hydrogens is 422 g/mol. The van der Waals surface area contributed by atoms with E-state index in [1.54, 1.807) is 24.3 Å². The van der Waals surface area contributed by atoms with Crippen molar-refractivity contribution in [1.82, 2.24) is 15.3 Å². The molecule has 1 aromatic carbocycles. The predicted octanol–water partition coefficient (Wildman–Crippen LogP) is 0.977. The molecule has 2 atom stereocenters. The lowest BCUT2D eigenvalue weighted by Gasteiger charge is -2.40. The van der Waals surface area contributed by atoms with Gasteiger partial charge >= 0.3 is 5.97 Å². The molecule has 9 nitrogen and oxygen atoms in total. The van der Waals surface area contributed by atoms with E-state index in [9.17, 15) is 29.1 Å². The van der Waals surface area contributed by atoms with Crippen molar-refractivity contribution >= 4 is 40.6 Å². The number of benzene rings is 1. The Bertz CT molecular complexity index is 892. The summed E-state index contributed by atoms with van der Waals surface area (Å²) in [4.78, 5) is 63.0. The number of aliphatic carboxylic acids is 1. The highest BCUT2D eigenvalue weighted by Crippen LogP contribution is 2.28. The fourth-order valence-electron chi connectivity index (χ4n) is 3.86. The van der Waals surface area contributed by atoms with Crippen molar-refractivity contribution in [1.29, 1.82) is 0 Å². The van der Waals surface area contributed by atoms with E-state index in [0.29, 0.717) is 13.0 Å². The molecule has 0 unspecified atom stereocenters. The maximum atomic E-state index is 13.3. The maximum Gasteiger partial charge on any atom is 0.339 e. The normalized spacial score (nSPS) is 22.4. The summed E-state index contributed by atoms with van der Waals surface area (Å²) in [5.41, 5.74) is -1.46. The van der Waals surface area contributed by atoms with Gasteiger partial charge in [-0.1, -0.05) is 42.1 Å². The Kier molecular flexibility index (Phi) is 6.99. The number of thioether (sulfide) groups is 1. The maximum absolute atomic E-state index is 13.3. The van der Waals surface area contributed by atoms with Crippen LogP contribution in [0.5, 0.6) is 0 Å². The zero-order valence-electron chi connectivity index (χ0n) is 17.2. The number of carboxylic acids is 1. The van der Waals surface area contributed by atoms with Gasteiger partial charge in [0, 0.05) is 26.4 Å². The van der Waals surface area contributed by atoms with Crippen molar-refractivity contribution in [2.24, 2.45) is 0 Å². The van der Waals surface area contributed by atoms with Crippen LogP contribution in [0, 0.1) is 0 Å². The van der Waals surface area contributed by atoms with Gasteiger partial charge in [-0.3, -0.25) is 24.2 Å². The summed E-state index contributed by atoms with van der Waals surface area (Å²) in [6.45, 7) is 1.88. The largest absolute Gasteiger partial charge is 0.479 e. The monoisotopic (exact) mass is 447 g/mol. The number of amides is 3. The molecule has 0 saturated carbocycles. The average molecular weight is 448 g/mol. The van der Waals surface area contributed by atoms with Crippen LogP contribution in [-0.4, -0.2) is 67.8 Å². The third-order valence-electron chi connectivity index (χ3n) is 5.45. The number of hydrogen-bond acceptors (Lipinski definition) is 6. The molecule has 0 aliphatic carbocycles. The number of carbonyl (C=O) groups excluding carboxylic acids is 4. The van der Waals surface area contributed by atoms with E-state index >= 15 is 0 Å². The molecule has 2 saturated heterocycles. The van der Waals surface area contributed by atoms with Crippen LogP contribution in [0.15, 0.2) is 30.3 Å². The molecular formula is C21H25N3O6S. The third kappa shape index (κ3) is 4.90. The molecule has 0 bridgehead atoms. The van der Waals surface area contributed by atoms with Crippen LogP contribution in [-0.2, 0) is 30.4 Å². The molecule has 0 spiro atoms. The number of nitrogens with zero attached hydrogens (tertiary/aromatic N) is 2. The first kappa shape index (κ1) is 22.8. The van der Waals surface area contributed by atoms with Gasteiger partial charge in [-0.25, -0.2) is 9.80 Å². The van der Waals surface area contributed by atoms with Crippen molar-refractivity contribution in [3.05, 3.63) is 35.9 Å². The summed E-state index contributed by atoms with van der Waals surface area (Å²) >= 11 is 0.785. The summed E-state index contributed by atoms with van der Waals surface area (Å²) in [5.74, 6) is -3.41. The lowest BCUT2D eigenvalue weighted by atomic mass is 9.91. The zero-order valence-corrected chi connectivity index (χ0v) is 18.0. The van der Waals surface area contributed by atoms with E-state index in [-0.39, 0.29) is 36.8 Å². The summed E-state index contributed by atoms with van der Waals surface area (Å²) < 4.78 is 0. The highest BCUT2D eigenvalue weighted by Gasteiger charge is 2.54. The van der Waals surface area contributed by atoms with Crippen LogP contribution in [0.25, 0.3) is 0 Å². The van der Waals surface area contributed by atoms with Crippen LogP contribution >= 0.6 is 11.8 Å². The van der Waals surface area contributed by atoms with Crippen LogP contribution < -0.4 is 5.32 Å². The topological polar surface area (TPSA) is 124 Å². The van der Waals surface area contributed by atoms with Gasteiger partial charge in [0.05, 0.1) is 5.25 Å². The van der Waals surface area contributed by atoms with Crippen molar-refractivity contribution in [2.45, 2.75) is 49.8 Å². The predicted molar refractivity (Wildman–Crippen MR) is 113 cm³/mol. The Morgan fingerprint density at radius 3 is 2.39 bits per heavy atom. The van der Waals surface area contributed by atoms with Gasteiger partial charge in [-0.05, 0) is 31.2 Å². The van der Waals surface area contributed by atoms with Gasteiger partial charge in [0.15, 0.2) is 5.12 Å². The molecule has 2 N–H and O–H groups in total. The fourth-order valence-corrected chi connectivity index (χ4v) is 4.70. The quantitative estimate of drug-likeness (QED) is 0.623. The molecule has 0 aromatic heterocycles. The number of hydrazine groups is 1. The van der Waals surface area contributed by atoms with Gasteiger partial charge in [0.2, 0.25) is 17.4 Å². The minimum atomic E-state index is -2.26. The standard InChI is InChI=1S/C21H25N3O6S/c1-14(25)31-16(13-15-7-3-2-4-8-15)18(27)22-21(20(29)30)10-9-17(26)23-11-5-6-12-24(23)19(21)28/h2-4,7-8,16H,5-6,9-13H2,1H3,(H,22,27)(H,29,30)/t16-,21+/m0/s1. The summed E-state index contributed by atoms with van der Waals surface area (Å²) in [7, 11) is 0. The van der Waals surface area contributed by atoms with Crippen LogP contribution in [0.2, 0.25) is 0 Å². The molecule has 166 valence electrons. The van der Waals surface area contributed by atoms with E-state index in [2.05, 4.69) is 5.32 Å². The van der Waals surface area contributed by atoms with Gasteiger partial charge in [0.1, 0.15) is 0 Å². The lowest BCUT2D eigenvalue weighted by Crippen LogP contribution is -2.67. The zero-order chi connectivity index (χ0) is 22.6. The number of fused-ring (bicyclic) bond motifs is 1. The molecule has 2 aliphatic rings. The van der Waals surface area contributed by atoms with Crippen LogP contribution in [0.3, 0.4) is 0 Å². The second-order valence-electron chi connectivity index (χ2n) is 7.64. The molecule has 10 heteroatoms. The smallest absolute Gasteiger partial charge is 0.339 e. The van der Waals surface area contributed by atoms with Crippen LogP contribution in [0.4, 0.5) is 0 Å². The average Bonchev–Trinajstić information content (AvgIpc) is 2.85. The Hall–Kier alpha value is -2.88. The summed E-state index contributed by atoms with van der Waals surface area (Å²) in [6.07, 6.45) is 1.02. The van der Waals surface area contributed by atoms with E-state index in [1.165, 1.54) is 11.9 Å². The van der Waals surface area contributed by atoms with E-state index < -0.39 is 28.6 Å². The molecule has 31 heavy (non-hydrogen) atoms. The Balaban J connectivity index is 1.89. The number of carboxylic acid groups (broad SMARTS) is 1. The van der Waals surface area contributed by atoms with Gasteiger partial charge in [0.25, 0.3) is 5.91 Å². The third-order valence-corrected chi connectivity index (χ3v) is 6.45. The minimum Gasteiger partial charge on any atom is -0.479 e. The lowest BCUT2D eigenvalue weighted by molar-refractivity contribution is -0.173. The molecule has 3 rings (SSSR count). The van der Waals surface area contributed by atoms with Crippen LogP contribution in [0.1, 0.15) is 38.2 Å². The van der Waals surface area contributed by atoms with Gasteiger partial charge in [-0.15, -0.1) is 0 Å². The summed E-state index contributed by atoms with van der Waals surface area (Å²) in [6, 6.07) is 9.02. The van der Waals surface area contributed by atoms with Gasteiger partial charge in [-0.2, -0.15) is 0 Å². The van der Waals surface area contributed by atoms with E-state index in [1.807, 2.05) is 6.07 Å². The first-order valence-corrected chi connectivity index (χ1v) is 11.0. The van der Waals surface area contributed by atoms with Crippen molar-refractivity contribution in [3.8, 4) is 0 Å². The molecule has 1 aromatic rings. The fraction of sp³-hybridized carbons (Fsp3) is 0.476. The van der Waals surface area contributed by atoms with Crippen molar-refractivity contribution in [3.63, 3.8) is 0 Å². The second kappa shape index (κ2) is 9.51. The molecule has 3 amide bonds.